The van der Waals surface area contributed by atoms with Gasteiger partial charge in [0, 0.05) is 31.4 Å². The standard InChI is InChI=1S/C16H26N2O2/c1-4-9-18(12-15(19)16(20)13(2)3)10-7-14-6-5-8-17-11-14/h5-6,8,11,13,15,19H,4,7,9-10,12H2,1-3H3. The highest BCUT2D eigenvalue weighted by Crippen LogP contribution is 2.05. The average molecular weight is 278 g/mol. The summed E-state index contributed by atoms with van der Waals surface area (Å²) >= 11 is 0. The van der Waals surface area contributed by atoms with Gasteiger partial charge in [-0.25, -0.2) is 0 Å². The molecule has 0 saturated heterocycles. The molecule has 0 aliphatic rings. The molecule has 0 amide bonds. The molecule has 4 nitrogen and oxygen atoms in total. The summed E-state index contributed by atoms with van der Waals surface area (Å²) in [6.07, 6.45) is 4.64. The minimum absolute atomic E-state index is 0.0764. The summed E-state index contributed by atoms with van der Waals surface area (Å²) in [6.45, 7) is 7.90. The molecule has 0 aliphatic heterocycles. The van der Waals surface area contributed by atoms with Gasteiger partial charge in [0.15, 0.2) is 5.78 Å². The fraction of sp³-hybridized carbons (Fsp3) is 0.625. The van der Waals surface area contributed by atoms with Crippen LogP contribution in [0.25, 0.3) is 0 Å². The van der Waals surface area contributed by atoms with Crippen LogP contribution >= 0.6 is 0 Å². The molecule has 1 unspecified atom stereocenters. The van der Waals surface area contributed by atoms with Crippen molar-refractivity contribution >= 4 is 5.78 Å². The minimum Gasteiger partial charge on any atom is -0.384 e. The number of aromatic nitrogens is 1. The Balaban J connectivity index is 2.49. The van der Waals surface area contributed by atoms with E-state index in [1.807, 2.05) is 32.2 Å². The second-order valence-corrected chi connectivity index (χ2v) is 5.48. The average Bonchev–Trinajstić information content (AvgIpc) is 2.45. The normalized spacial score (nSPS) is 12.9. The molecule has 0 aliphatic carbocycles. The zero-order valence-electron chi connectivity index (χ0n) is 12.7. The van der Waals surface area contributed by atoms with Crippen LogP contribution in [0.4, 0.5) is 0 Å². The first-order chi connectivity index (χ1) is 9.54. The number of carbonyl (C=O) groups excluding carboxylic acids is 1. The molecule has 1 rings (SSSR count). The molecule has 0 aromatic carbocycles. The van der Waals surface area contributed by atoms with Gasteiger partial charge in [-0.15, -0.1) is 0 Å². The van der Waals surface area contributed by atoms with E-state index < -0.39 is 6.10 Å². The van der Waals surface area contributed by atoms with Crippen LogP contribution in [0.1, 0.15) is 32.8 Å². The van der Waals surface area contributed by atoms with E-state index >= 15 is 0 Å². The Labute approximate surface area is 121 Å². The first-order valence-corrected chi connectivity index (χ1v) is 7.37. The van der Waals surface area contributed by atoms with Gasteiger partial charge in [0.05, 0.1) is 0 Å². The zero-order chi connectivity index (χ0) is 15.0. The molecular weight excluding hydrogens is 252 g/mol. The van der Waals surface area contributed by atoms with Gasteiger partial charge in [0.2, 0.25) is 0 Å². The van der Waals surface area contributed by atoms with E-state index in [4.69, 9.17) is 0 Å². The fourth-order valence-corrected chi connectivity index (χ4v) is 2.16. The fourth-order valence-electron chi connectivity index (χ4n) is 2.16. The molecule has 1 aromatic rings. The van der Waals surface area contributed by atoms with Crippen molar-refractivity contribution in [1.29, 1.82) is 0 Å². The lowest BCUT2D eigenvalue weighted by Crippen LogP contribution is -2.40. The van der Waals surface area contributed by atoms with E-state index in [1.165, 1.54) is 5.56 Å². The topological polar surface area (TPSA) is 53.4 Å². The van der Waals surface area contributed by atoms with Crippen molar-refractivity contribution in [2.45, 2.75) is 39.7 Å². The van der Waals surface area contributed by atoms with Crippen LogP contribution in [0.3, 0.4) is 0 Å². The van der Waals surface area contributed by atoms with Crippen molar-refractivity contribution in [2.24, 2.45) is 5.92 Å². The van der Waals surface area contributed by atoms with Crippen LogP contribution in [-0.2, 0) is 11.2 Å². The van der Waals surface area contributed by atoms with Gasteiger partial charge in [-0.2, -0.15) is 0 Å². The van der Waals surface area contributed by atoms with Crippen molar-refractivity contribution < 1.29 is 9.90 Å². The summed E-state index contributed by atoms with van der Waals surface area (Å²) in [5, 5.41) is 9.98. The maximum absolute atomic E-state index is 11.8. The third-order valence-corrected chi connectivity index (χ3v) is 3.31. The molecular formula is C16H26N2O2. The lowest BCUT2D eigenvalue weighted by Gasteiger charge is -2.24. The first-order valence-electron chi connectivity index (χ1n) is 7.37. The second-order valence-electron chi connectivity index (χ2n) is 5.48. The number of aliphatic hydroxyl groups excluding tert-OH is 1. The maximum atomic E-state index is 11.8. The number of nitrogens with zero attached hydrogens (tertiary/aromatic N) is 2. The molecule has 0 fully saturated rings. The van der Waals surface area contributed by atoms with Crippen molar-refractivity contribution in [1.82, 2.24) is 9.88 Å². The SMILES string of the molecule is CCCN(CCc1cccnc1)CC(O)C(=O)C(C)C. The number of pyridine rings is 1. The molecule has 112 valence electrons. The predicted octanol–water partition coefficient (Wildman–Crippen LogP) is 1.92. The number of hydrogen-bond acceptors (Lipinski definition) is 4. The van der Waals surface area contributed by atoms with Gasteiger partial charge in [0.25, 0.3) is 0 Å². The highest BCUT2D eigenvalue weighted by molar-refractivity contribution is 5.84. The van der Waals surface area contributed by atoms with Crippen LogP contribution < -0.4 is 0 Å². The highest BCUT2D eigenvalue weighted by atomic mass is 16.3. The van der Waals surface area contributed by atoms with Crippen LogP contribution in [0.2, 0.25) is 0 Å². The number of carbonyl (C=O) groups is 1. The second kappa shape index (κ2) is 8.82. The molecule has 0 saturated carbocycles. The summed E-state index contributed by atoms with van der Waals surface area (Å²) < 4.78 is 0. The Hall–Kier alpha value is -1.26. The van der Waals surface area contributed by atoms with E-state index in [9.17, 15) is 9.90 Å². The van der Waals surface area contributed by atoms with Gasteiger partial charge in [-0.1, -0.05) is 26.8 Å². The number of aliphatic hydroxyl groups is 1. The van der Waals surface area contributed by atoms with E-state index in [-0.39, 0.29) is 11.7 Å². The molecule has 0 spiro atoms. The van der Waals surface area contributed by atoms with Crippen LogP contribution in [0.15, 0.2) is 24.5 Å². The number of hydrogen-bond donors (Lipinski definition) is 1. The monoisotopic (exact) mass is 278 g/mol. The smallest absolute Gasteiger partial charge is 0.165 e. The Morgan fingerprint density at radius 3 is 2.70 bits per heavy atom. The Kier molecular flexibility index (Phi) is 7.41. The van der Waals surface area contributed by atoms with E-state index in [0.29, 0.717) is 6.54 Å². The Morgan fingerprint density at radius 2 is 2.15 bits per heavy atom. The van der Waals surface area contributed by atoms with Crippen LogP contribution in [0.5, 0.6) is 0 Å². The molecule has 1 atom stereocenters. The van der Waals surface area contributed by atoms with E-state index in [0.717, 1.165) is 25.9 Å². The molecule has 1 N–H and O–H groups in total. The maximum Gasteiger partial charge on any atom is 0.165 e. The predicted molar refractivity (Wildman–Crippen MR) is 80.5 cm³/mol. The highest BCUT2D eigenvalue weighted by Gasteiger charge is 2.20. The van der Waals surface area contributed by atoms with E-state index in [2.05, 4.69) is 16.8 Å². The summed E-state index contributed by atoms with van der Waals surface area (Å²) in [6, 6.07) is 3.98. The van der Waals surface area contributed by atoms with Gasteiger partial charge in [0.1, 0.15) is 6.10 Å². The first kappa shape index (κ1) is 16.8. The molecule has 0 radical (unpaired) electrons. The summed E-state index contributed by atoms with van der Waals surface area (Å²) in [5.74, 6) is -0.195. The lowest BCUT2D eigenvalue weighted by molar-refractivity contribution is -0.131. The quantitative estimate of drug-likeness (QED) is 0.750. The third kappa shape index (κ3) is 5.80. The minimum atomic E-state index is -0.879. The summed E-state index contributed by atoms with van der Waals surface area (Å²) in [7, 11) is 0. The Morgan fingerprint density at radius 1 is 1.40 bits per heavy atom. The van der Waals surface area contributed by atoms with Crippen molar-refractivity contribution in [3.05, 3.63) is 30.1 Å². The summed E-state index contributed by atoms with van der Waals surface area (Å²) in [4.78, 5) is 18.0. The molecule has 4 heteroatoms. The van der Waals surface area contributed by atoms with Gasteiger partial charge < -0.3 is 5.11 Å². The number of Topliss-reactive ketones (excluding diaryl/α,β-unsaturated/α-hetero) is 1. The van der Waals surface area contributed by atoms with Crippen molar-refractivity contribution in [3.63, 3.8) is 0 Å². The molecule has 1 aromatic heterocycles. The van der Waals surface area contributed by atoms with Gasteiger partial charge >= 0.3 is 0 Å². The lowest BCUT2D eigenvalue weighted by atomic mass is 10.0. The largest absolute Gasteiger partial charge is 0.384 e. The third-order valence-electron chi connectivity index (χ3n) is 3.31. The van der Waals surface area contributed by atoms with Crippen LogP contribution in [0, 0.1) is 5.92 Å². The number of ketones is 1. The molecule has 20 heavy (non-hydrogen) atoms. The Bertz CT molecular complexity index is 393. The van der Waals surface area contributed by atoms with Crippen molar-refractivity contribution in [2.75, 3.05) is 19.6 Å². The summed E-state index contributed by atoms with van der Waals surface area (Å²) in [5.41, 5.74) is 1.18. The van der Waals surface area contributed by atoms with Gasteiger partial charge in [-0.05, 0) is 31.0 Å². The molecule has 1 heterocycles. The molecule has 0 bridgehead atoms. The van der Waals surface area contributed by atoms with E-state index in [1.54, 1.807) is 6.20 Å². The zero-order valence-corrected chi connectivity index (χ0v) is 12.7. The van der Waals surface area contributed by atoms with Crippen molar-refractivity contribution in [3.8, 4) is 0 Å². The van der Waals surface area contributed by atoms with Crippen LogP contribution in [-0.4, -0.2) is 46.5 Å². The number of rotatable bonds is 9. The van der Waals surface area contributed by atoms with Gasteiger partial charge in [-0.3, -0.25) is 14.7 Å².